The summed E-state index contributed by atoms with van der Waals surface area (Å²) in [6.07, 6.45) is 3.08. The fourth-order valence-electron chi connectivity index (χ4n) is 3.19. The zero-order valence-corrected chi connectivity index (χ0v) is 15.3. The van der Waals surface area contributed by atoms with Crippen LogP contribution in [0.3, 0.4) is 0 Å². The van der Waals surface area contributed by atoms with Crippen LogP contribution in [0, 0.1) is 17.7 Å². The lowest BCUT2D eigenvalue weighted by atomic mass is 9.78. The van der Waals surface area contributed by atoms with Crippen molar-refractivity contribution in [3.05, 3.63) is 35.6 Å². The van der Waals surface area contributed by atoms with Crippen LogP contribution in [0.1, 0.15) is 45.6 Å². The van der Waals surface area contributed by atoms with E-state index >= 15 is 0 Å². The molecule has 6 heteroatoms. The summed E-state index contributed by atoms with van der Waals surface area (Å²) in [6, 6.07) is 5.34. The van der Waals surface area contributed by atoms with Gasteiger partial charge in [-0.25, -0.2) is 12.8 Å². The Morgan fingerprint density at radius 2 is 1.88 bits per heavy atom. The molecule has 1 aromatic carbocycles. The van der Waals surface area contributed by atoms with Gasteiger partial charge in [0.25, 0.3) is 0 Å². The van der Waals surface area contributed by atoms with Crippen LogP contribution in [-0.4, -0.2) is 25.6 Å². The van der Waals surface area contributed by atoms with Crippen LogP contribution >= 0.6 is 0 Å². The molecule has 0 bridgehead atoms. The molecule has 0 saturated heterocycles. The predicted octanol–water partition coefficient (Wildman–Crippen LogP) is 3.07. The van der Waals surface area contributed by atoms with Crippen LogP contribution in [0.4, 0.5) is 4.39 Å². The van der Waals surface area contributed by atoms with Crippen molar-refractivity contribution in [2.45, 2.75) is 57.1 Å². The van der Waals surface area contributed by atoms with Gasteiger partial charge in [-0.15, -0.1) is 0 Å². The fraction of sp³-hybridized carbons (Fsp3) is 0.611. The first-order chi connectivity index (χ1) is 11.2. The maximum atomic E-state index is 12.9. The largest absolute Gasteiger partial charge is 0.352 e. The molecule has 1 fully saturated rings. The van der Waals surface area contributed by atoms with Gasteiger partial charge in [-0.05, 0) is 42.9 Å². The van der Waals surface area contributed by atoms with Gasteiger partial charge in [0.1, 0.15) is 11.1 Å². The van der Waals surface area contributed by atoms with Gasteiger partial charge < -0.3 is 5.32 Å². The van der Waals surface area contributed by atoms with E-state index in [4.69, 9.17) is 0 Å². The summed E-state index contributed by atoms with van der Waals surface area (Å²) in [7, 11) is -3.64. The summed E-state index contributed by atoms with van der Waals surface area (Å²) in [5, 5.41) is 1.80. The van der Waals surface area contributed by atoms with Gasteiger partial charge in [-0.3, -0.25) is 4.79 Å². The van der Waals surface area contributed by atoms with Crippen molar-refractivity contribution in [1.82, 2.24) is 5.32 Å². The number of hydrogen-bond acceptors (Lipinski definition) is 3. The average Bonchev–Trinajstić information content (AvgIpc) is 2.53. The lowest BCUT2D eigenvalue weighted by Crippen LogP contribution is -2.48. The standard InChI is InChI=1S/C18H26FNO3S/c1-12-5-4-6-17(13(12)2)20-18(21)14(3)24(22,23)11-15-7-9-16(19)10-8-15/h7-10,12-14,17H,4-6,11H2,1-3H3,(H,20,21). The van der Waals surface area contributed by atoms with E-state index in [1.54, 1.807) is 0 Å². The molecule has 1 saturated carbocycles. The maximum Gasteiger partial charge on any atom is 0.238 e. The van der Waals surface area contributed by atoms with E-state index in [1.165, 1.54) is 31.2 Å². The quantitative estimate of drug-likeness (QED) is 0.883. The molecule has 1 aliphatic carbocycles. The van der Waals surface area contributed by atoms with Crippen molar-refractivity contribution in [2.24, 2.45) is 11.8 Å². The summed E-state index contributed by atoms with van der Waals surface area (Å²) in [5.74, 6) is -0.256. The van der Waals surface area contributed by atoms with E-state index in [9.17, 15) is 17.6 Å². The Morgan fingerprint density at radius 3 is 2.50 bits per heavy atom. The Labute approximate surface area is 143 Å². The molecule has 0 spiro atoms. The van der Waals surface area contributed by atoms with Crippen LogP contribution in [-0.2, 0) is 20.4 Å². The van der Waals surface area contributed by atoms with Gasteiger partial charge in [0.2, 0.25) is 5.91 Å². The molecule has 0 aliphatic heterocycles. The highest BCUT2D eigenvalue weighted by atomic mass is 32.2. The normalized spacial score (nSPS) is 25.9. The lowest BCUT2D eigenvalue weighted by Gasteiger charge is -2.35. The van der Waals surface area contributed by atoms with Crippen molar-refractivity contribution >= 4 is 15.7 Å². The Hall–Kier alpha value is -1.43. The highest BCUT2D eigenvalue weighted by Crippen LogP contribution is 2.29. The van der Waals surface area contributed by atoms with Gasteiger partial charge in [-0.2, -0.15) is 0 Å². The van der Waals surface area contributed by atoms with E-state index in [1.807, 2.05) is 0 Å². The van der Waals surface area contributed by atoms with Gasteiger partial charge in [0.15, 0.2) is 9.84 Å². The molecule has 4 atom stereocenters. The van der Waals surface area contributed by atoms with E-state index in [0.29, 0.717) is 17.4 Å². The molecule has 1 N–H and O–H groups in total. The number of carbonyl (C=O) groups is 1. The first-order valence-corrected chi connectivity index (χ1v) is 10.2. The Kier molecular flexibility index (Phi) is 6.01. The minimum absolute atomic E-state index is 0.0321. The van der Waals surface area contributed by atoms with Gasteiger partial charge in [0.05, 0.1) is 5.75 Å². The van der Waals surface area contributed by atoms with Crippen LogP contribution in [0.15, 0.2) is 24.3 Å². The monoisotopic (exact) mass is 355 g/mol. The number of carbonyl (C=O) groups excluding carboxylic acids is 1. The van der Waals surface area contributed by atoms with Crippen LogP contribution < -0.4 is 5.32 Å². The molecule has 24 heavy (non-hydrogen) atoms. The molecular weight excluding hydrogens is 329 g/mol. The van der Waals surface area contributed by atoms with Crippen molar-refractivity contribution in [1.29, 1.82) is 0 Å². The molecule has 4 nitrogen and oxygen atoms in total. The second-order valence-electron chi connectivity index (χ2n) is 6.96. The summed E-state index contributed by atoms with van der Waals surface area (Å²) in [5.41, 5.74) is 0.482. The van der Waals surface area contributed by atoms with E-state index in [2.05, 4.69) is 19.2 Å². The number of amides is 1. The SMILES string of the molecule is CC1CCCC(NC(=O)C(C)S(=O)(=O)Cc2ccc(F)cc2)C1C. The fourth-order valence-corrected chi connectivity index (χ4v) is 4.49. The van der Waals surface area contributed by atoms with Crippen LogP contribution in [0.5, 0.6) is 0 Å². The predicted molar refractivity (Wildman–Crippen MR) is 92.6 cm³/mol. The van der Waals surface area contributed by atoms with Gasteiger partial charge >= 0.3 is 0 Å². The molecule has 134 valence electrons. The van der Waals surface area contributed by atoms with Gasteiger partial charge in [0, 0.05) is 6.04 Å². The highest BCUT2D eigenvalue weighted by Gasteiger charge is 2.33. The van der Waals surface area contributed by atoms with Crippen LogP contribution in [0.25, 0.3) is 0 Å². The third kappa shape index (κ3) is 4.56. The number of benzene rings is 1. The van der Waals surface area contributed by atoms with E-state index in [0.717, 1.165) is 19.3 Å². The average molecular weight is 355 g/mol. The van der Waals surface area contributed by atoms with Crippen LogP contribution in [0.2, 0.25) is 0 Å². The molecule has 0 aromatic heterocycles. The maximum absolute atomic E-state index is 12.9. The minimum atomic E-state index is -3.64. The summed E-state index contributed by atoms with van der Waals surface area (Å²) >= 11 is 0. The first-order valence-electron chi connectivity index (χ1n) is 8.47. The Morgan fingerprint density at radius 1 is 1.25 bits per heavy atom. The third-order valence-electron chi connectivity index (χ3n) is 5.22. The number of nitrogens with one attached hydrogen (secondary N) is 1. The number of rotatable bonds is 5. The molecule has 1 aromatic rings. The number of halogens is 1. The second-order valence-corrected chi connectivity index (χ2v) is 9.28. The summed E-state index contributed by atoms with van der Waals surface area (Å²) in [6.45, 7) is 5.69. The molecule has 0 heterocycles. The first kappa shape index (κ1) is 18.9. The zero-order chi connectivity index (χ0) is 17.9. The van der Waals surface area contributed by atoms with Crippen molar-refractivity contribution in [3.8, 4) is 0 Å². The van der Waals surface area contributed by atoms with Gasteiger partial charge in [-0.1, -0.05) is 38.8 Å². The third-order valence-corrected chi connectivity index (χ3v) is 7.25. The Balaban J connectivity index is 2.01. The second kappa shape index (κ2) is 7.64. The highest BCUT2D eigenvalue weighted by molar-refractivity contribution is 7.92. The smallest absolute Gasteiger partial charge is 0.238 e. The zero-order valence-electron chi connectivity index (χ0n) is 14.5. The van der Waals surface area contributed by atoms with E-state index < -0.39 is 26.8 Å². The van der Waals surface area contributed by atoms with Crippen molar-refractivity contribution in [2.75, 3.05) is 0 Å². The topological polar surface area (TPSA) is 63.2 Å². The number of hydrogen-bond donors (Lipinski definition) is 1. The Bertz CT molecular complexity index is 672. The summed E-state index contributed by atoms with van der Waals surface area (Å²) in [4.78, 5) is 12.4. The molecule has 4 unspecified atom stereocenters. The lowest BCUT2D eigenvalue weighted by molar-refractivity contribution is -0.121. The molecule has 1 amide bonds. The van der Waals surface area contributed by atoms with E-state index in [-0.39, 0.29) is 11.8 Å². The molecule has 2 rings (SSSR count). The molecule has 0 radical (unpaired) electrons. The summed E-state index contributed by atoms with van der Waals surface area (Å²) < 4.78 is 37.8. The number of sulfone groups is 1. The van der Waals surface area contributed by atoms with Crippen molar-refractivity contribution in [3.63, 3.8) is 0 Å². The van der Waals surface area contributed by atoms with Crippen molar-refractivity contribution < 1.29 is 17.6 Å². The molecule has 1 aliphatic rings. The molecular formula is C18H26FNO3S. The minimum Gasteiger partial charge on any atom is -0.352 e.